The molecule has 1 aliphatic heterocycles. The van der Waals surface area contributed by atoms with Crippen molar-refractivity contribution in [1.82, 2.24) is 4.90 Å². The maximum absolute atomic E-state index is 13.3. The summed E-state index contributed by atoms with van der Waals surface area (Å²) in [6, 6.07) is 10.6. The summed E-state index contributed by atoms with van der Waals surface area (Å²) in [7, 11) is 1.54. The van der Waals surface area contributed by atoms with Crippen molar-refractivity contribution < 1.29 is 13.9 Å². The first-order chi connectivity index (χ1) is 10.6. The molecule has 4 heteroatoms. The van der Waals surface area contributed by atoms with Crippen LogP contribution in [0.4, 0.5) is 4.39 Å². The topological polar surface area (TPSA) is 29.5 Å². The molecule has 0 spiro atoms. The van der Waals surface area contributed by atoms with Crippen molar-refractivity contribution in [2.24, 2.45) is 0 Å². The van der Waals surface area contributed by atoms with Crippen LogP contribution in [0.2, 0.25) is 0 Å². The zero-order chi connectivity index (χ0) is 15.7. The Kier molecular flexibility index (Phi) is 3.84. The number of amides is 1. The van der Waals surface area contributed by atoms with Gasteiger partial charge in [0.05, 0.1) is 7.11 Å². The van der Waals surface area contributed by atoms with Crippen LogP contribution in [-0.2, 0) is 17.9 Å². The number of halogens is 1. The van der Waals surface area contributed by atoms with E-state index in [1.807, 2.05) is 24.0 Å². The zero-order valence-electron chi connectivity index (χ0n) is 12.7. The Hall–Kier alpha value is -2.36. The smallest absolute Gasteiger partial charge is 0.222 e. The Morgan fingerprint density at radius 2 is 1.95 bits per heavy atom. The molecule has 0 bridgehead atoms. The van der Waals surface area contributed by atoms with Gasteiger partial charge in [0.25, 0.3) is 0 Å². The molecule has 3 nitrogen and oxygen atoms in total. The van der Waals surface area contributed by atoms with E-state index in [0.29, 0.717) is 25.3 Å². The Morgan fingerprint density at radius 1 is 1.18 bits per heavy atom. The van der Waals surface area contributed by atoms with Crippen molar-refractivity contribution in [3.63, 3.8) is 0 Å². The van der Waals surface area contributed by atoms with Gasteiger partial charge in [-0.25, -0.2) is 4.39 Å². The van der Waals surface area contributed by atoms with Crippen molar-refractivity contribution >= 4 is 5.91 Å². The molecule has 0 atom stereocenters. The summed E-state index contributed by atoms with van der Waals surface area (Å²) in [5.41, 5.74) is 4.14. The second kappa shape index (κ2) is 5.79. The van der Waals surface area contributed by atoms with Gasteiger partial charge in [-0.1, -0.05) is 19.1 Å². The van der Waals surface area contributed by atoms with Gasteiger partial charge < -0.3 is 9.64 Å². The normalized spacial score (nSPS) is 13.1. The lowest BCUT2D eigenvalue weighted by molar-refractivity contribution is -0.131. The molecule has 1 aliphatic rings. The first-order valence-corrected chi connectivity index (χ1v) is 7.36. The van der Waals surface area contributed by atoms with Crippen molar-refractivity contribution in [3.05, 3.63) is 53.3 Å². The molecular weight excluding hydrogens is 281 g/mol. The number of carbonyl (C=O) groups excluding carboxylic acids is 1. The Morgan fingerprint density at radius 3 is 2.68 bits per heavy atom. The highest BCUT2D eigenvalue weighted by Crippen LogP contribution is 2.34. The lowest BCUT2D eigenvalue weighted by Crippen LogP contribution is -2.23. The predicted octanol–water partition coefficient (Wildman–Crippen LogP) is 3.75. The first kappa shape index (κ1) is 14.6. The van der Waals surface area contributed by atoms with Gasteiger partial charge in [-0.15, -0.1) is 0 Å². The van der Waals surface area contributed by atoms with E-state index in [2.05, 4.69) is 6.07 Å². The molecule has 3 rings (SSSR count). The van der Waals surface area contributed by atoms with Gasteiger partial charge in [-0.2, -0.15) is 0 Å². The van der Waals surface area contributed by atoms with Crippen LogP contribution in [0.15, 0.2) is 36.4 Å². The maximum atomic E-state index is 13.3. The average molecular weight is 299 g/mol. The molecule has 1 amide bonds. The predicted molar refractivity (Wildman–Crippen MR) is 82.9 cm³/mol. The Balaban J connectivity index is 1.95. The Bertz CT molecular complexity index is 727. The van der Waals surface area contributed by atoms with E-state index in [-0.39, 0.29) is 11.7 Å². The minimum absolute atomic E-state index is 0.164. The monoisotopic (exact) mass is 299 g/mol. The fraction of sp³-hybridized carbons (Fsp3) is 0.278. The van der Waals surface area contributed by atoms with Crippen LogP contribution < -0.4 is 4.74 Å². The van der Waals surface area contributed by atoms with Crippen LogP contribution in [0.1, 0.15) is 24.5 Å². The highest BCUT2D eigenvalue weighted by Gasteiger charge is 2.22. The van der Waals surface area contributed by atoms with Crippen LogP contribution in [0, 0.1) is 5.82 Å². The maximum Gasteiger partial charge on any atom is 0.222 e. The minimum Gasteiger partial charge on any atom is -0.496 e. The molecule has 0 N–H and O–H groups in total. The molecule has 2 aromatic rings. The number of nitrogens with zero attached hydrogens (tertiary/aromatic N) is 1. The summed E-state index contributed by atoms with van der Waals surface area (Å²) in [5, 5.41) is 0. The van der Waals surface area contributed by atoms with Gasteiger partial charge in [0.2, 0.25) is 5.91 Å². The molecule has 0 saturated heterocycles. The third-order valence-corrected chi connectivity index (χ3v) is 4.06. The molecule has 22 heavy (non-hydrogen) atoms. The molecule has 1 heterocycles. The Labute approximate surface area is 129 Å². The number of methoxy groups -OCH3 is 1. The van der Waals surface area contributed by atoms with Gasteiger partial charge in [0.15, 0.2) is 0 Å². The van der Waals surface area contributed by atoms with E-state index in [4.69, 9.17) is 4.74 Å². The van der Waals surface area contributed by atoms with Crippen molar-refractivity contribution in [2.45, 2.75) is 26.4 Å². The summed E-state index contributed by atoms with van der Waals surface area (Å²) >= 11 is 0. The number of rotatable bonds is 3. The molecule has 0 saturated carbocycles. The molecule has 0 aromatic heterocycles. The number of hydrogen-bond donors (Lipinski definition) is 0. The number of carbonyl (C=O) groups is 1. The van der Waals surface area contributed by atoms with E-state index in [1.54, 1.807) is 6.07 Å². The fourth-order valence-electron chi connectivity index (χ4n) is 2.87. The van der Waals surface area contributed by atoms with Gasteiger partial charge in [0.1, 0.15) is 11.6 Å². The summed E-state index contributed by atoms with van der Waals surface area (Å²) in [5.74, 6) is 0.359. The van der Waals surface area contributed by atoms with Crippen LogP contribution in [0.25, 0.3) is 11.1 Å². The summed E-state index contributed by atoms with van der Waals surface area (Å²) in [6.07, 6.45) is 0.520. The molecule has 0 aliphatic carbocycles. The number of benzene rings is 2. The molecule has 0 unspecified atom stereocenters. The lowest BCUT2D eigenvalue weighted by atomic mass is 10.00. The van der Waals surface area contributed by atoms with Crippen LogP contribution >= 0.6 is 0 Å². The largest absolute Gasteiger partial charge is 0.496 e. The van der Waals surface area contributed by atoms with Crippen LogP contribution in [0.3, 0.4) is 0 Å². The third kappa shape index (κ3) is 2.56. The molecule has 114 valence electrons. The summed E-state index contributed by atoms with van der Waals surface area (Å²) in [6.45, 7) is 3.18. The minimum atomic E-state index is -0.318. The second-order valence-electron chi connectivity index (χ2n) is 5.43. The molecule has 2 aromatic carbocycles. The standard InChI is InChI=1S/C18H18FNO2/c1-3-18(21)20-10-13-5-4-12(8-14(13)11-20)16-7-6-15(19)9-17(16)22-2/h4-9H,3,10-11H2,1-2H3. The molecule has 0 radical (unpaired) electrons. The lowest BCUT2D eigenvalue weighted by Gasteiger charge is -2.13. The molecular formula is C18H18FNO2. The van der Waals surface area contributed by atoms with Crippen LogP contribution in [-0.4, -0.2) is 17.9 Å². The first-order valence-electron chi connectivity index (χ1n) is 7.36. The van der Waals surface area contributed by atoms with Gasteiger partial charge in [-0.05, 0) is 34.9 Å². The number of ether oxygens (including phenoxy) is 1. The average Bonchev–Trinajstić information content (AvgIpc) is 2.97. The number of hydrogen-bond acceptors (Lipinski definition) is 2. The van der Waals surface area contributed by atoms with E-state index < -0.39 is 0 Å². The highest BCUT2D eigenvalue weighted by atomic mass is 19.1. The molecule has 0 fully saturated rings. The van der Waals surface area contributed by atoms with Crippen LogP contribution in [0.5, 0.6) is 5.75 Å². The number of fused-ring (bicyclic) bond motifs is 1. The highest BCUT2D eigenvalue weighted by molar-refractivity contribution is 5.77. The zero-order valence-corrected chi connectivity index (χ0v) is 12.7. The van der Waals surface area contributed by atoms with Crippen molar-refractivity contribution in [3.8, 4) is 16.9 Å². The van der Waals surface area contributed by atoms with E-state index in [1.165, 1.54) is 24.8 Å². The van der Waals surface area contributed by atoms with Gasteiger partial charge >= 0.3 is 0 Å². The second-order valence-corrected chi connectivity index (χ2v) is 5.43. The third-order valence-electron chi connectivity index (χ3n) is 4.06. The van der Waals surface area contributed by atoms with E-state index in [9.17, 15) is 9.18 Å². The van der Waals surface area contributed by atoms with Gasteiger partial charge in [-0.3, -0.25) is 4.79 Å². The quantitative estimate of drug-likeness (QED) is 0.864. The van der Waals surface area contributed by atoms with Crippen molar-refractivity contribution in [2.75, 3.05) is 7.11 Å². The summed E-state index contributed by atoms with van der Waals surface area (Å²) in [4.78, 5) is 13.7. The van der Waals surface area contributed by atoms with E-state index in [0.717, 1.165) is 16.7 Å². The van der Waals surface area contributed by atoms with E-state index >= 15 is 0 Å². The summed E-state index contributed by atoms with van der Waals surface area (Å²) < 4.78 is 18.6. The van der Waals surface area contributed by atoms with Crippen molar-refractivity contribution in [1.29, 1.82) is 0 Å². The fourth-order valence-corrected chi connectivity index (χ4v) is 2.87. The SMILES string of the molecule is CCC(=O)N1Cc2ccc(-c3ccc(F)cc3OC)cc2C1. The van der Waals surface area contributed by atoms with Gasteiger partial charge in [0, 0.05) is 31.1 Å².